The molecule has 0 saturated heterocycles. The van der Waals surface area contributed by atoms with Crippen molar-refractivity contribution in [3.05, 3.63) is 86.8 Å². The van der Waals surface area contributed by atoms with Gasteiger partial charge in [0.15, 0.2) is 6.23 Å². The van der Waals surface area contributed by atoms with Gasteiger partial charge >= 0.3 is 0 Å². The molecule has 39 heavy (non-hydrogen) atoms. The lowest BCUT2D eigenvalue weighted by atomic mass is 10.1. The summed E-state index contributed by atoms with van der Waals surface area (Å²) in [5.74, 6) is -0.361. The van der Waals surface area contributed by atoms with Crippen LogP contribution in [0, 0.1) is 0 Å². The predicted molar refractivity (Wildman–Crippen MR) is 165 cm³/mol. The fourth-order valence-corrected chi connectivity index (χ4v) is 5.53. The molecule has 0 spiro atoms. The number of carbonyl (C=O) groups is 2. The highest BCUT2D eigenvalue weighted by Crippen LogP contribution is 2.44. The molecular formula is C30H33BrN4O3S. The summed E-state index contributed by atoms with van der Waals surface area (Å²) in [5, 5.41) is 17.3. The van der Waals surface area contributed by atoms with E-state index in [1.165, 1.54) is 11.8 Å². The number of rotatable bonds is 9. The molecule has 1 atom stereocenters. The van der Waals surface area contributed by atoms with E-state index in [2.05, 4.69) is 45.1 Å². The summed E-state index contributed by atoms with van der Waals surface area (Å²) in [6, 6.07) is 15.4. The smallest absolute Gasteiger partial charge is 0.257 e. The summed E-state index contributed by atoms with van der Waals surface area (Å²) in [5.41, 5.74) is 4.83. The maximum Gasteiger partial charge on any atom is 0.257 e. The van der Waals surface area contributed by atoms with Crippen LogP contribution in [0.15, 0.2) is 80.6 Å². The number of thioether (sulfide) groups is 1. The summed E-state index contributed by atoms with van der Waals surface area (Å²) in [4.78, 5) is 32.5. The third kappa shape index (κ3) is 7.09. The van der Waals surface area contributed by atoms with E-state index in [1.54, 1.807) is 32.3 Å². The topological polar surface area (TPSA) is 94.0 Å². The number of nitrogens with one attached hydrogen (secondary N) is 2. The van der Waals surface area contributed by atoms with Crippen molar-refractivity contribution in [1.82, 2.24) is 5.32 Å². The van der Waals surface area contributed by atoms with Gasteiger partial charge in [0.2, 0.25) is 0 Å². The Morgan fingerprint density at radius 1 is 1.18 bits per heavy atom. The highest BCUT2D eigenvalue weighted by molar-refractivity contribution is 9.12. The van der Waals surface area contributed by atoms with Gasteiger partial charge in [-0.1, -0.05) is 54.2 Å². The van der Waals surface area contributed by atoms with Crippen molar-refractivity contribution < 1.29 is 14.7 Å². The molecule has 0 aromatic heterocycles. The fraction of sp³-hybridized carbons (Fsp3) is 0.300. The molecule has 2 aromatic carbocycles. The van der Waals surface area contributed by atoms with Crippen LogP contribution in [0.1, 0.15) is 50.5 Å². The Kier molecular flexibility index (Phi) is 9.48. The number of allylic oxidation sites excluding steroid dienone is 1. The number of hydrogen-bond acceptors (Lipinski definition) is 6. The number of hydrogen-bond donors (Lipinski definition) is 3. The van der Waals surface area contributed by atoms with Crippen LogP contribution in [0.2, 0.25) is 0 Å². The van der Waals surface area contributed by atoms with Crippen molar-refractivity contribution in [2.45, 2.75) is 45.4 Å². The fourth-order valence-electron chi connectivity index (χ4n) is 4.19. The molecule has 1 aliphatic heterocycles. The Morgan fingerprint density at radius 2 is 1.87 bits per heavy atom. The zero-order chi connectivity index (χ0) is 28.1. The predicted octanol–water partition coefficient (Wildman–Crippen LogP) is 6.15. The molecule has 2 aromatic rings. The van der Waals surface area contributed by atoms with Crippen molar-refractivity contribution in [1.29, 1.82) is 0 Å². The number of carbonyl (C=O) groups excluding carboxylic acids is 2. The lowest BCUT2D eigenvalue weighted by molar-refractivity contribution is -0.117. The van der Waals surface area contributed by atoms with E-state index in [1.807, 2.05) is 41.3 Å². The molecule has 1 heterocycles. The van der Waals surface area contributed by atoms with Gasteiger partial charge in [-0.2, -0.15) is 0 Å². The Bertz CT molecular complexity index is 1360. The van der Waals surface area contributed by atoms with Crippen LogP contribution in [-0.4, -0.2) is 42.8 Å². The number of para-hydroxylation sites is 1. The van der Waals surface area contributed by atoms with Crippen LogP contribution in [0.4, 0.5) is 11.4 Å². The number of amides is 2. The van der Waals surface area contributed by atoms with Gasteiger partial charge in [0.1, 0.15) is 0 Å². The van der Waals surface area contributed by atoms with Crippen LogP contribution in [0.5, 0.6) is 0 Å². The minimum atomic E-state index is -0.897. The van der Waals surface area contributed by atoms with E-state index < -0.39 is 6.23 Å². The van der Waals surface area contributed by atoms with Gasteiger partial charge in [0.05, 0.1) is 4.91 Å². The molecule has 0 bridgehead atoms. The van der Waals surface area contributed by atoms with Crippen LogP contribution in [0.3, 0.4) is 0 Å². The zero-order valence-corrected chi connectivity index (χ0v) is 24.7. The van der Waals surface area contributed by atoms with Crippen LogP contribution < -0.4 is 15.5 Å². The van der Waals surface area contributed by atoms with Gasteiger partial charge in [-0.05, 0) is 67.2 Å². The normalized spacial score (nSPS) is 16.8. The molecule has 1 fully saturated rings. The van der Waals surface area contributed by atoms with Crippen molar-refractivity contribution in [3.8, 4) is 0 Å². The molecule has 0 radical (unpaired) electrons. The maximum absolute atomic E-state index is 12.6. The van der Waals surface area contributed by atoms with Gasteiger partial charge in [-0.15, -0.1) is 0 Å². The number of anilines is 2. The highest BCUT2D eigenvalue weighted by Gasteiger charge is 2.28. The summed E-state index contributed by atoms with van der Waals surface area (Å²) in [6.07, 6.45) is 3.45. The third-order valence-corrected chi connectivity index (χ3v) is 8.67. The lowest BCUT2D eigenvalue weighted by Gasteiger charge is -2.31. The Morgan fingerprint density at radius 3 is 2.54 bits per heavy atom. The van der Waals surface area contributed by atoms with Crippen LogP contribution in [0.25, 0.3) is 4.91 Å². The number of benzene rings is 2. The van der Waals surface area contributed by atoms with Gasteiger partial charge in [-0.25, -0.2) is 0 Å². The quantitative estimate of drug-likeness (QED) is 0.234. The van der Waals surface area contributed by atoms with Crippen LogP contribution >= 0.6 is 27.7 Å². The van der Waals surface area contributed by atoms with E-state index in [9.17, 15) is 14.7 Å². The van der Waals surface area contributed by atoms with E-state index >= 15 is 0 Å². The Hall–Kier alpha value is -3.14. The van der Waals surface area contributed by atoms with Gasteiger partial charge in [0.25, 0.3) is 11.8 Å². The molecule has 3 N–H and O–H groups in total. The second kappa shape index (κ2) is 12.8. The van der Waals surface area contributed by atoms with E-state index in [-0.39, 0.29) is 17.9 Å². The summed E-state index contributed by atoms with van der Waals surface area (Å²) in [7, 11) is 1.64. The number of aliphatic hydroxyl groups is 1. The molecule has 1 unspecified atom stereocenters. The largest absolute Gasteiger partial charge is 0.369 e. The first-order valence-electron chi connectivity index (χ1n) is 12.8. The summed E-state index contributed by atoms with van der Waals surface area (Å²) >= 11 is 4.75. The molecule has 2 aliphatic rings. The Labute approximate surface area is 242 Å². The minimum Gasteiger partial charge on any atom is -0.369 e. The molecule has 204 valence electrons. The molecule has 2 amide bonds. The second-order valence-corrected chi connectivity index (χ2v) is 11.6. The van der Waals surface area contributed by atoms with Crippen molar-refractivity contribution in [2.75, 3.05) is 23.8 Å². The van der Waals surface area contributed by atoms with Gasteiger partial charge in [0, 0.05) is 63.3 Å². The summed E-state index contributed by atoms with van der Waals surface area (Å²) in [6.45, 7) is 8.43. The molecule has 7 nitrogen and oxygen atoms in total. The first kappa shape index (κ1) is 28.9. The number of nitrogens with zero attached hydrogens (tertiary/aromatic N) is 2. The first-order chi connectivity index (χ1) is 18.7. The standard InChI is InChI=1S/C30H33BrN4O3S/c1-18-15-16-35(26-8-6-5-7-24(26)27(18)39-20(3)29(37)34-23-13-14-23)30(38)21-9-11-22(12-10-21)33-28(36)19(2)25(31)17-32-4/h5-12,17,23,30,38H,3,13-16H2,1-2,4H3,(H,33,36)(H,34,37). The lowest BCUT2D eigenvalue weighted by Crippen LogP contribution is -2.29. The third-order valence-electron chi connectivity index (χ3n) is 6.67. The summed E-state index contributed by atoms with van der Waals surface area (Å²) < 4.78 is 0.614. The number of halogens is 1. The minimum absolute atomic E-state index is 0.120. The number of aliphatic hydroxyl groups excluding tert-OH is 1. The zero-order valence-electron chi connectivity index (χ0n) is 22.3. The molecular weight excluding hydrogens is 576 g/mol. The SMILES string of the molecule is C=C(SC1=C(C)CCN(C(O)c2ccc(NC(=O)C(C)=C(Br)C=NC)cc2)c2ccccc21)C(=O)NC1CC1. The Balaban J connectivity index is 1.52. The monoisotopic (exact) mass is 608 g/mol. The number of aliphatic imine (C=N–C) groups is 1. The average molecular weight is 610 g/mol. The molecule has 1 saturated carbocycles. The van der Waals surface area contributed by atoms with Crippen molar-refractivity contribution >= 4 is 62.0 Å². The van der Waals surface area contributed by atoms with Gasteiger partial charge < -0.3 is 20.6 Å². The van der Waals surface area contributed by atoms with Crippen LogP contribution in [-0.2, 0) is 9.59 Å². The van der Waals surface area contributed by atoms with Crippen molar-refractivity contribution in [2.24, 2.45) is 4.99 Å². The second-order valence-electron chi connectivity index (χ2n) is 9.65. The van der Waals surface area contributed by atoms with E-state index in [4.69, 9.17) is 0 Å². The van der Waals surface area contributed by atoms with Gasteiger partial charge in [-0.3, -0.25) is 14.6 Å². The highest BCUT2D eigenvalue weighted by atomic mass is 79.9. The van der Waals surface area contributed by atoms with E-state index in [0.717, 1.165) is 41.0 Å². The molecule has 1 aliphatic carbocycles. The maximum atomic E-state index is 12.6. The average Bonchev–Trinajstić information content (AvgIpc) is 3.76. The molecule has 4 rings (SSSR count). The molecule has 9 heteroatoms. The van der Waals surface area contributed by atoms with E-state index in [0.29, 0.717) is 32.8 Å². The number of fused-ring (bicyclic) bond motifs is 1. The first-order valence-corrected chi connectivity index (χ1v) is 14.4. The van der Waals surface area contributed by atoms with Crippen molar-refractivity contribution in [3.63, 3.8) is 0 Å².